The predicted molar refractivity (Wildman–Crippen MR) is 59.4 cm³/mol. The summed E-state index contributed by atoms with van der Waals surface area (Å²) < 4.78 is 39.0. The van der Waals surface area contributed by atoms with Gasteiger partial charge >= 0.3 is 7.25 Å². The van der Waals surface area contributed by atoms with Crippen LogP contribution in [0.25, 0.3) is 0 Å². The van der Waals surface area contributed by atoms with Crippen LogP contribution in [0.5, 0.6) is 0 Å². The molecule has 0 rings (SSSR count). The molecule has 0 aliphatic rings. The van der Waals surface area contributed by atoms with E-state index < -0.39 is 7.25 Å². The van der Waals surface area contributed by atoms with E-state index in [1.165, 1.54) is 12.8 Å². The maximum absolute atomic E-state index is 9.75. The van der Waals surface area contributed by atoms with E-state index in [-0.39, 0.29) is 0 Å². The van der Waals surface area contributed by atoms with Crippen LogP contribution in [0.3, 0.4) is 0 Å². The van der Waals surface area contributed by atoms with E-state index in [0.29, 0.717) is 0 Å². The van der Waals surface area contributed by atoms with Crippen LogP contribution in [-0.2, 0) is 0 Å². The van der Waals surface area contributed by atoms with Crippen molar-refractivity contribution in [2.75, 3.05) is 0 Å². The lowest BCUT2D eigenvalue weighted by Crippen LogP contribution is -2.02. The van der Waals surface area contributed by atoms with Gasteiger partial charge < -0.3 is 17.3 Å². The Morgan fingerprint density at radius 3 is 1.29 bits per heavy atom. The van der Waals surface area contributed by atoms with Gasteiger partial charge in [-0.05, 0) is 35.3 Å². The fourth-order valence-corrected chi connectivity index (χ4v) is 2.50. The van der Waals surface area contributed by atoms with Gasteiger partial charge in [0.15, 0.2) is 0 Å². The monoisotopic (exact) mass is 234 g/mol. The van der Waals surface area contributed by atoms with Crippen LogP contribution >= 0.6 is 8.58 Å². The third-order valence-corrected chi connectivity index (χ3v) is 4.20. The van der Waals surface area contributed by atoms with Gasteiger partial charge in [0.05, 0.1) is 11.3 Å². The molecule has 0 heterocycles. The Morgan fingerprint density at radius 1 is 0.929 bits per heavy atom. The highest BCUT2D eigenvalue weighted by atomic mass is 31.1. The second-order valence-corrected chi connectivity index (χ2v) is 6.12. The molecule has 0 aliphatic carbocycles. The zero-order valence-electron chi connectivity index (χ0n) is 9.24. The summed E-state index contributed by atoms with van der Waals surface area (Å²) >= 11 is 0. The Kier molecular flexibility index (Phi) is 10.1. The van der Waals surface area contributed by atoms with Gasteiger partial charge in [-0.15, -0.1) is 0 Å². The molecule has 6 heteroatoms. The van der Waals surface area contributed by atoms with E-state index in [1.807, 2.05) is 0 Å². The van der Waals surface area contributed by atoms with Crippen molar-refractivity contribution in [1.82, 2.24) is 0 Å². The Hall–Kier alpha value is 0.215. The minimum absolute atomic E-state index is 0.720. The van der Waals surface area contributed by atoms with Crippen LogP contribution in [0, 0.1) is 0 Å². The molecule has 0 saturated carbocycles. The van der Waals surface area contributed by atoms with Crippen LogP contribution in [0.15, 0.2) is 0 Å². The van der Waals surface area contributed by atoms with E-state index in [9.17, 15) is 17.3 Å². The van der Waals surface area contributed by atoms with Crippen LogP contribution in [-0.4, -0.2) is 18.6 Å². The number of rotatable bonds is 4. The number of halogens is 4. The molecule has 0 radical (unpaired) electrons. The maximum atomic E-state index is 9.75. The van der Waals surface area contributed by atoms with Crippen LogP contribution in [0.2, 0.25) is 0 Å². The van der Waals surface area contributed by atoms with Gasteiger partial charge in [0, 0.05) is 0 Å². The molecule has 0 saturated heterocycles. The highest BCUT2D eigenvalue weighted by molar-refractivity contribution is 7.39. The first-order valence-electron chi connectivity index (χ1n) is 4.92. The summed E-state index contributed by atoms with van der Waals surface area (Å²) in [5.74, 6) is 0. The normalized spacial score (nSPS) is 16.3. The quantitative estimate of drug-likeness (QED) is 0.386. The highest BCUT2D eigenvalue weighted by Gasteiger charge is 2.20. The Balaban J connectivity index is 0. The molecule has 0 aromatic carbocycles. The van der Waals surface area contributed by atoms with Gasteiger partial charge in [-0.2, -0.15) is 0 Å². The largest absolute Gasteiger partial charge is 0.673 e. The lowest BCUT2D eigenvalue weighted by atomic mass is 10.3. The third-order valence-electron chi connectivity index (χ3n) is 1.94. The summed E-state index contributed by atoms with van der Waals surface area (Å²) in [4.78, 5) is 0. The Morgan fingerprint density at radius 2 is 1.14 bits per heavy atom. The fourth-order valence-electron chi connectivity index (χ4n) is 0.833. The van der Waals surface area contributed by atoms with Crippen molar-refractivity contribution in [2.24, 2.45) is 0 Å². The van der Waals surface area contributed by atoms with Crippen LogP contribution < -0.4 is 0 Å². The van der Waals surface area contributed by atoms with Crippen LogP contribution in [0.4, 0.5) is 17.3 Å². The smallest absolute Gasteiger partial charge is 0.418 e. The second kappa shape index (κ2) is 8.52. The van der Waals surface area contributed by atoms with Crippen LogP contribution in [0.1, 0.15) is 40.5 Å². The van der Waals surface area contributed by atoms with E-state index in [1.54, 1.807) is 0 Å². The average molecular weight is 234 g/mol. The zero-order chi connectivity index (χ0) is 11.8. The fraction of sp³-hybridized carbons (Fsp3) is 1.00. The molecule has 2 unspecified atom stereocenters. The first-order chi connectivity index (χ1) is 6.20. The Bertz CT molecular complexity index is 115. The number of hydrogen-bond acceptors (Lipinski definition) is 0. The van der Waals surface area contributed by atoms with Crippen molar-refractivity contribution in [3.63, 3.8) is 0 Å². The molecule has 0 fully saturated rings. The lowest BCUT2D eigenvalue weighted by Gasteiger charge is -2.06. The molecule has 0 bridgehead atoms. The molecular weight excluding hydrogens is 214 g/mol. The van der Waals surface area contributed by atoms with E-state index in [2.05, 4.69) is 27.7 Å². The molecule has 0 aromatic heterocycles. The lowest BCUT2D eigenvalue weighted by molar-refractivity contribution is 0.368. The molecule has 0 aliphatic heterocycles. The maximum Gasteiger partial charge on any atom is 0.673 e. The van der Waals surface area contributed by atoms with Crippen molar-refractivity contribution < 1.29 is 17.3 Å². The van der Waals surface area contributed by atoms with Gasteiger partial charge in [-0.25, -0.2) is 0 Å². The molecule has 88 valence electrons. The molecular formula is C8H20BF4P. The molecule has 0 nitrogen and oxygen atoms in total. The van der Waals surface area contributed by atoms with Gasteiger partial charge in [0.2, 0.25) is 0 Å². The average Bonchev–Trinajstić information content (AvgIpc) is 2.01. The van der Waals surface area contributed by atoms with Gasteiger partial charge in [0.25, 0.3) is 0 Å². The van der Waals surface area contributed by atoms with Crippen molar-refractivity contribution in [3.05, 3.63) is 0 Å². The molecule has 0 amide bonds. The third kappa shape index (κ3) is 22.8. The zero-order valence-corrected chi connectivity index (χ0v) is 10.4. The molecule has 14 heavy (non-hydrogen) atoms. The molecule has 0 N–H and O–H groups in total. The van der Waals surface area contributed by atoms with Crippen molar-refractivity contribution in [3.8, 4) is 0 Å². The van der Waals surface area contributed by atoms with Gasteiger partial charge in [-0.1, -0.05) is 13.8 Å². The standard InChI is InChI=1S/C8H19P.BF4/c1-5-7(3)9-8(4)6-2;2-1(3,4)5/h7-9H,5-6H2,1-4H3;/q;-1/p+1. The number of hydrogen-bond donors (Lipinski definition) is 0. The minimum Gasteiger partial charge on any atom is -0.418 e. The first kappa shape index (κ1) is 16.6. The molecule has 0 spiro atoms. The van der Waals surface area contributed by atoms with E-state index in [0.717, 1.165) is 19.9 Å². The topological polar surface area (TPSA) is 0 Å². The summed E-state index contributed by atoms with van der Waals surface area (Å²) in [5.41, 5.74) is 2.03. The van der Waals surface area contributed by atoms with Crippen molar-refractivity contribution >= 4 is 15.8 Å². The van der Waals surface area contributed by atoms with E-state index in [4.69, 9.17) is 0 Å². The summed E-state index contributed by atoms with van der Waals surface area (Å²) in [6, 6.07) is 0. The summed E-state index contributed by atoms with van der Waals surface area (Å²) in [5, 5.41) is 0. The SMILES string of the molecule is CCC(C)[PH2+]C(C)CC.F[B-](F)(F)F. The highest BCUT2D eigenvalue weighted by Crippen LogP contribution is 2.28. The van der Waals surface area contributed by atoms with Gasteiger partial charge in [-0.3, -0.25) is 0 Å². The second-order valence-electron chi connectivity index (χ2n) is 3.46. The summed E-state index contributed by atoms with van der Waals surface area (Å²) in [6.45, 7) is 9.34. The minimum atomic E-state index is -6.00. The van der Waals surface area contributed by atoms with Gasteiger partial charge in [0.1, 0.15) is 0 Å². The molecule has 2 atom stereocenters. The van der Waals surface area contributed by atoms with E-state index >= 15 is 0 Å². The first-order valence-corrected chi connectivity index (χ1v) is 6.26. The summed E-state index contributed by atoms with van der Waals surface area (Å²) in [6.07, 6.45) is 2.75. The molecule has 0 aromatic rings. The van der Waals surface area contributed by atoms with Crippen molar-refractivity contribution in [2.45, 2.75) is 51.9 Å². The van der Waals surface area contributed by atoms with Crippen molar-refractivity contribution in [1.29, 1.82) is 0 Å². The summed E-state index contributed by atoms with van der Waals surface area (Å²) in [7, 11) is -5.28. The predicted octanol–water partition coefficient (Wildman–Crippen LogP) is 4.29. The Labute approximate surface area is 85.7 Å².